The predicted molar refractivity (Wildman–Crippen MR) is 90.5 cm³/mol. The number of hydrogen-bond acceptors (Lipinski definition) is 3. The van der Waals surface area contributed by atoms with Crippen molar-refractivity contribution < 1.29 is 9.59 Å². The van der Waals surface area contributed by atoms with Gasteiger partial charge in [0.15, 0.2) is 0 Å². The zero-order chi connectivity index (χ0) is 16.9. The van der Waals surface area contributed by atoms with Gasteiger partial charge in [0.1, 0.15) is 0 Å². The largest absolute Gasteiger partial charge is 0.338 e. The van der Waals surface area contributed by atoms with E-state index < -0.39 is 0 Å². The van der Waals surface area contributed by atoms with Gasteiger partial charge in [-0.15, -0.1) is 0 Å². The number of amides is 4. The summed E-state index contributed by atoms with van der Waals surface area (Å²) >= 11 is 0. The molecule has 24 heavy (non-hydrogen) atoms. The maximum absolute atomic E-state index is 12.3. The number of hydrogen-bond donors (Lipinski definition) is 2. The lowest BCUT2D eigenvalue weighted by molar-refractivity contribution is 0.118. The van der Waals surface area contributed by atoms with Crippen LogP contribution >= 0.6 is 0 Å². The van der Waals surface area contributed by atoms with Crippen LogP contribution in [-0.2, 0) is 6.54 Å². The highest BCUT2D eigenvalue weighted by atomic mass is 16.2. The second-order valence-electron chi connectivity index (χ2n) is 6.42. The van der Waals surface area contributed by atoms with E-state index in [0.29, 0.717) is 19.6 Å². The summed E-state index contributed by atoms with van der Waals surface area (Å²) in [6.07, 6.45) is 4.41. The Morgan fingerprint density at radius 3 is 2.88 bits per heavy atom. The van der Waals surface area contributed by atoms with Gasteiger partial charge < -0.3 is 20.4 Å². The van der Waals surface area contributed by atoms with Gasteiger partial charge in [0, 0.05) is 38.4 Å². The second kappa shape index (κ2) is 7.51. The molecule has 0 bridgehead atoms. The number of urea groups is 2. The van der Waals surface area contributed by atoms with Crippen molar-refractivity contribution in [3.63, 3.8) is 0 Å². The van der Waals surface area contributed by atoms with E-state index in [1.807, 2.05) is 28.9 Å². The van der Waals surface area contributed by atoms with E-state index in [2.05, 4.69) is 15.6 Å². The summed E-state index contributed by atoms with van der Waals surface area (Å²) in [4.78, 5) is 32.3. The molecular formula is C17H25N5O2. The fourth-order valence-electron chi connectivity index (χ4n) is 3.35. The van der Waals surface area contributed by atoms with E-state index in [1.54, 1.807) is 6.20 Å². The lowest BCUT2D eigenvalue weighted by atomic mass is 10.0. The molecule has 0 aromatic carbocycles. The monoisotopic (exact) mass is 331 g/mol. The first-order valence-electron chi connectivity index (χ1n) is 8.63. The topological polar surface area (TPSA) is 77.6 Å². The van der Waals surface area contributed by atoms with Gasteiger partial charge in [-0.2, -0.15) is 0 Å². The summed E-state index contributed by atoms with van der Waals surface area (Å²) in [7, 11) is 0. The van der Waals surface area contributed by atoms with Gasteiger partial charge in [0.2, 0.25) is 0 Å². The standard InChI is InChI=1S/C17H25N5O2/c1-13-4-2-7-18-15(13)12-20-16(23)21-10-5-14(6-11-21)22-9-3-8-19-17(22)24/h2,4,7,14H,3,5-6,8-12H2,1H3,(H,19,24)(H,20,23). The van der Waals surface area contributed by atoms with Crippen molar-refractivity contribution in [2.75, 3.05) is 26.2 Å². The molecule has 130 valence electrons. The summed E-state index contributed by atoms with van der Waals surface area (Å²) in [5, 5.41) is 5.84. The minimum absolute atomic E-state index is 0.0368. The van der Waals surface area contributed by atoms with Gasteiger partial charge >= 0.3 is 12.1 Å². The molecule has 0 unspecified atom stereocenters. The van der Waals surface area contributed by atoms with Crippen molar-refractivity contribution in [1.82, 2.24) is 25.4 Å². The van der Waals surface area contributed by atoms with E-state index in [1.165, 1.54) is 0 Å². The minimum Gasteiger partial charge on any atom is -0.338 e. The zero-order valence-electron chi connectivity index (χ0n) is 14.1. The van der Waals surface area contributed by atoms with Crippen LogP contribution in [0.15, 0.2) is 18.3 Å². The number of nitrogens with one attached hydrogen (secondary N) is 2. The summed E-state index contributed by atoms with van der Waals surface area (Å²) in [6.45, 7) is 5.39. The van der Waals surface area contributed by atoms with E-state index in [9.17, 15) is 9.59 Å². The fraction of sp³-hybridized carbons (Fsp3) is 0.588. The van der Waals surface area contributed by atoms with Crippen molar-refractivity contribution in [1.29, 1.82) is 0 Å². The number of aryl methyl sites for hydroxylation is 1. The van der Waals surface area contributed by atoms with E-state index in [4.69, 9.17) is 0 Å². The fourth-order valence-corrected chi connectivity index (χ4v) is 3.35. The average molecular weight is 331 g/mol. The molecule has 2 N–H and O–H groups in total. The first-order valence-corrected chi connectivity index (χ1v) is 8.63. The predicted octanol–water partition coefficient (Wildman–Crippen LogP) is 1.48. The Kier molecular flexibility index (Phi) is 5.17. The molecule has 7 nitrogen and oxygen atoms in total. The van der Waals surface area contributed by atoms with Crippen molar-refractivity contribution in [2.24, 2.45) is 0 Å². The number of rotatable bonds is 3. The molecule has 2 aliphatic rings. The van der Waals surface area contributed by atoms with Gasteiger partial charge in [0.25, 0.3) is 0 Å². The van der Waals surface area contributed by atoms with Crippen LogP contribution in [0, 0.1) is 6.92 Å². The first kappa shape index (κ1) is 16.5. The smallest absolute Gasteiger partial charge is 0.317 e. The van der Waals surface area contributed by atoms with Gasteiger partial charge in [-0.25, -0.2) is 9.59 Å². The Hall–Kier alpha value is -2.31. The minimum atomic E-state index is -0.0541. The number of likely N-dealkylation sites (tertiary alicyclic amines) is 1. The van der Waals surface area contributed by atoms with Crippen LogP contribution in [0.3, 0.4) is 0 Å². The molecule has 0 radical (unpaired) electrons. The highest BCUT2D eigenvalue weighted by Crippen LogP contribution is 2.18. The number of nitrogens with zero attached hydrogens (tertiary/aromatic N) is 3. The summed E-state index contributed by atoms with van der Waals surface area (Å²) in [5.41, 5.74) is 1.97. The molecule has 2 aliphatic heterocycles. The molecule has 0 saturated carbocycles. The maximum atomic E-state index is 12.3. The number of aromatic nitrogens is 1. The van der Waals surface area contributed by atoms with E-state index in [0.717, 1.165) is 43.6 Å². The normalized spacial score (nSPS) is 19.1. The van der Waals surface area contributed by atoms with Gasteiger partial charge in [-0.05, 0) is 37.8 Å². The van der Waals surface area contributed by atoms with Crippen LogP contribution in [0.2, 0.25) is 0 Å². The van der Waals surface area contributed by atoms with Crippen molar-refractivity contribution in [3.8, 4) is 0 Å². The zero-order valence-corrected chi connectivity index (χ0v) is 14.1. The Morgan fingerprint density at radius 2 is 2.17 bits per heavy atom. The number of carbonyl (C=O) groups excluding carboxylic acids is 2. The van der Waals surface area contributed by atoms with Crippen molar-refractivity contribution in [3.05, 3.63) is 29.6 Å². The Labute approximate surface area is 142 Å². The number of piperidine rings is 1. The molecule has 1 aromatic rings. The highest BCUT2D eigenvalue weighted by Gasteiger charge is 2.30. The van der Waals surface area contributed by atoms with Crippen LogP contribution in [-0.4, -0.2) is 59.1 Å². The molecule has 2 fully saturated rings. The lowest BCUT2D eigenvalue weighted by Gasteiger charge is -2.40. The molecular weight excluding hydrogens is 306 g/mol. The summed E-state index contributed by atoms with van der Waals surface area (Å²) in [6, 6.07) is 4.11. The van der Waals surface area contributed by atoms with Crippen molar-refractivity contribution >= 4 is 12.1 Å². The van der Waals surface area contributed by atoms with Crippen LogP contribution in [0.4, 0.5) is 9.59 Å². The summed E-state index contributed by atoms with van der Waals surface area (Å²) in [5.74, 6) is 0. The molecule has 3 heterocycles. The Balaban J connectivity index is 1.46. The number of carbonyl (C=O) groups is 2. The van der Waals surface area contributed by atoms with E-state index >= 15 is 0 Å². The van der Waals surface area contributed by atoms with Gasteiger partial charge in [-0.1, -0.05) is 6.07 Å². The SMILES string of the molecule is Cc1cccnc1CNC(=O)N1CCC(N2CCCNC2=O)CC1. The van der Waals surface area contributed by atoms with Gasteiger partial charge in [-0.3, -0.25) is 4.98 Å². The highest BCUT2D eigenvalue weighted by molar-refractivity contribution is 5.76. The van der Waals surface area contributed by atoms with Crippen molar-refractivity contribution in [2.45, 2.75) is 38.8 Å². The summed E-state index contributed by atoms with van der Waals surface area (Å²) < 4.78 is 0. The maximum Gasteiger partial charge on any atom is 0.317 e. The van der Waals surface area contributed by atoms with Gasteiger partial charge in [0.05, 0.1) is 12.2 Å². The van der Waals surface area contributed by atoms with Crippen LogP contribution in [0.1, 0.15) is 30.5 Å². The third-order valence-corrected chi connectivity index (χ3v) is 4.83. The molecule has 0 spiro atoms. The third kappa shape index (κ3) is 3.77. The molecule has 7 heteroatoms. The molecule has 2 saturated heterocycles. The first-order chi connectivity index (χ1) is 11.6. The van der Waals surface area contributed by atoms with E-state index in [-0.39, 0.29) is 18.1 Å². The Morgan fingerprint density at radius 1 is 1.38 bits per heavy atom. The molecule has 3 rings (SSSR count). The molecule has 4 amide bonds. The van der Waals surface area contributed by atoms with Crippen LogP contribution < -0.4 is 10.6 Å². The van der Waals surface area contributed by atoms with Crippen LogP contribution in [0.25, 0.3) is 0 Å². The van der Waals surface area contributed by atoms with Crippen LogP contribution in [0.5, 0.6) is 0 Å². The molecule has 1 aromatic heterocycles. The third-order valence-electron chi connectivity index (χ3n) is 4.83. The molecule has 0 aliphatic carbocycles. The second-order valence-corrected chi connectivity index (χ2v) is 6.42. The number of pyridine rings is 1. The lowest BCUT2D eigenvalue weighted by Crippen LogP contribution is -2.55. The average Bonchev–Trinajstić information content (AvgIpc) is 2.61. The molecule has 0 atom stereocenters. The quantitative estimate of drug-likeness (QED) is 0.881. The Bertz CT molecular complexity index is 598.